The fourth-order valence-electron chi connectivity index (χ4n) is 3.32. The molecule has 0 aliphatic carbocycles. The van der Waals surface area contributed by atoms with Gasteiger partial charge in [0.2, 0.25) is 0 Å². The first-order valence-corrected chi connectivity index (χ1v) is 18.5. The van der Waals surface area contributed by atoms with Crippen LogP contribution in [0.4, 0.5) is 10.2 Å². The maximum Gasteiger partial charge on any atom is 0.192 e. The first kappa shape index (κ1) is 27.9. The van der Waals surface area contributed by atoms with Gasteiger partial charge in [0.1, 0.15) is 28.1 Å². The molecule has 4 atom stereocenters. The van der Waals surface area contributed by atoms with Crippen LogP contribution < -0.4 is 5.73 Å². The Labute approximate surface area is 217 Å². The molecule has 192 valence electrons. The summed E-state index contributed by atoms with van der Waals surface area (Å²) in [6.07, 6.45) is -2.43. The van der Waals surface area contributed by atoms with Crippen molar-refractivity contribution in [1.82, 2.24) is 19.7 Å². The van der Waals surface area contributed by atoms with E-state index in [4.69, 9.17) is 19.3 Å². The van der Waals surface area contributed by atoms with E-state index >= 15 is 4.39 Å². The maximum atomic E-state index is 16.2. The molecule has 0 amide bonds. The van der Waals surface area contributed by atoms with Crippen LogP contribution in [0.3, 0.4) is 0 Å². The van der Waals surface area contributed by atoms with Gasteiger partial charge in [0, 0.05) is 0 Å². The number of anilines is 1. The van der Waals surface area contributed by atoms with Crippen LogP contribution in [-0.4, -0.2) is 61.4 Å². The second kappa shape index (κ2) is 9.32. The molecule has 34 heavy (non-hydrogen) atoms. The van der Waals surface area contributed by atoms with Crippen LogP contribution in [0.25, 0.3) is 11.0 Å². The molecule has 1 aliphatic rings. The van der Waals surface area contributed by atoms with Crippen LogP contribution in [0.15, 0.2) is 6.33 Å². The lowest BCUT2D eigenvalue weighted by atomic mass is 10.1. The summed E-state index contributed by atoms with van der Waals surface area (Å²) < 4.78 is 37.7. The molecule has 0 spiro atoms. The van der Waals surface area contributed by atoms with Gasteiger partial charge in [0.25, 0.3) is 0 Å². The number of alkyl halides is 1. The maximum absolute atomic E-state index is 16.2. The van der Waals surface area contributed by atoms with Gasteiger partial charge in [-0.1, -0.05) is 41.5 Å². The highest BCUT2D eigenvalue weighted by atomic mass is 127. The van der Waals surface area contributed by atoms with E-state index in [2.05, 4.69) is 105 Å². The number of hydrogen-bond donors (Lipinski definition) is 1. The summed E-state index contributed by atoms with van der Waals surface area (Å²) >= 11 is 2.06. The predicted octanol–water partition coefficient (Wildman–Crippen LogP) is 5.66. The van der Waals surface area contributed by atoms with Crippen molar-refractivity contribution in [3.8, 4) is 0 Å². The van der Waals surface area contributed by atoms with Gasteiger partial charge in [-0.3, -0.25) is 0 Å². The molecule has 0 radical (unpaired) electrons. The van der Waals surface area contributed by atoms with Gasteiger partial charge < -0.3 is 19.3 Å². The number of halogens is 2. The molecular formula is C22H39FIN5O3Si2. The van der Waals surface area contributed by atoms with E-state index in [1.165, 1.54) is 11.0 Å². The summed E-state index contributed by atoms with van der Waals surface area (Å²) in [5.74, 6) is 0.306. The van der Waals surface area contributed by atoms with Gasteiger partial charge in [0.05, 0.1) is 12.0 Å². The molecule has 2 aromatic rings. The second-order valence-corrected chi connectivity index (χ2v) is 22.7. The van der Waals surface area contributed by atoms with Gasteiger partial charge in [0.15, 0.2) is 34.7 Å². The van der Waals surface area contributed by atoms with Crippen LogP contribution in [0.2, 0.25) is 36.3 Å². The van der Waals surface area contributed by atoms with Crippen molar-refractivity contribution in [3.63, 3.8) is 0 Å². The molecular weight excluding hydrogens is 584 g/mol. The Hall–Kier alpha value is -0.676. The van der Waals surface area contributed by atoms with E-state index in [1.54, 1.807) is 0 Å². The minimum atomic E-state index is -2.29. The van der Waals surface area contributed by atoms with Gasteiger partial charge in [-0.25, -0.2) is 19.0 Å². The highest BCUT2D eigenvalue weighted by molar-refractivity contribution is 14.1. The Morgan fingerprint density at radius 3 is 2.24 bits per heavy atom. The summed E-state index contributed by atoms with van der Waals surface area (Å²) in [5.41, 5.74) is 6.49. The van der Waals surface area contributed by atoms with Crippen molar-refractivity contribution < 1.29 is 18.0 Å². The number of nitrogens with zero attached hydrogens (tertiary/aromatic N) is 4. The smallest absolute Gasteiger partial charge is 0.192 e. The first-order chi connectivity index (χ1) is 15.4. The van der Waals surface area contributed by atoms with Crippen molar-refractivity contribution in [2.75, 3.05) is 12.3 Å². The number of hydrogen-bond acceptors (Lipinski definition) is 7. The van der Waals surface area contributed by atoms with Gasteiger partial charge in [-0.05, 0) is 58.9 Å². The lowest BCUT2D eigenvalue weighted by Crippen LogP contribution is -2.50. The number of nitrogens with two attached hydrogens (primary N) is 1. The first-order valence-electron chi connectivity index (χ1n) is 11.6. The molecule has 0 aromatic carbocycles. The zero-order valence-electron chi connectivity index (χ0n) is 21.9. The second-order valence-electron chi connectivity index (χ2n) is 12.1. The molecule has 1 fully saturated rings. The zero-order chi connectivity index (χ0) is 25.9. The van der Waals surface area contributed by atoms with Crippen molar-refractivity contribution in [2.24, 2.45) is 0 Å². The van der Waals surface area contributed by atoms with Gasteiger partial charge in [-0.15, -0.1) is 0 Å². The zero-order valence-corrected chi connectivity index (χ0v) is 26.1. The van der Waals surface area contributed by atoms with Crippen LogP contribution in [0.5, 0.6) is 0 Å². The Kier molecular flexibility index (Phi) is 7.65. The Balaban J connectivity index is 1.98. The summed E-state index contributed by atoms with van der Waals surface area (Å²) in [4.78, 5) is 8.38. The molecule has 2 aromatic heterocycles. The summed E-state index contributed by atoms with van der Waals surface area (Å²) in [7, 11) is -4.37. The standard InChI is InChI=1S/C22H39FIN5O3Si2/c1-21(2,3)33(7,8)30-11-13-16(32-34(9,10)22(4,5)6)15(23)20(31-13)29-19-14(17(24)28-29)18(25)26-12-27-19/h12-13,15-16,20H,11H2,1-10H3,(H2,25,26,27)/t13-,15+,16?,20-/m1/s1. The fourth-order valence-corrected chi connectivity index (χ4v) is 6.40. The third-order valence-corrected chi connectivity index (χ3v) is 17.4. The molecule has 1 unspecified atom stereocenters. The highest BCUT2D eigenvalue weighted by Gasteiger charge is 2.53. The van der Waals surface area contributed by atoms with Crippen LogP contribution in [0, 0.1) is 3.70 Å². The summed E-state index contributed by atoms with van der Waals surface area (Å²) in [6, 6.07) is 0. The van der Waals surface area contributed by atoms with Crippen molar-refractivity contribution in [1.29, 1.82) is 0 Å². The van der Waals surface area contributed by atoms with Crippen molar-refractivity contribution >= 4 is 56.1 Å². The molecule has 8 nitrogen and oxygen atoms in total. The number of aromatic nitrogens is 4. The molecule has 3 rings (SSSR count). The molecule has 1 saturated heterocycles. The van der Waals surface area contributed by atoms with E-state index in [-0.39, 0.29) is 16.7 Å². The normalized spacial score (nSPS) is 24.8. The molecule has 12 heteroatoms. The van der Waals surface area contributed by atoms with E-state index < -0.39 is 41.2 Å². The minimum absolute atomic E-state index is 0.0264. The third kappa shape index (κ3) is 5.21. The topological polar surface area (TPSA) is 97.3 Å². The lowest BCUT2D eigenvalue weighted by Gasteiger charge is -2.40. The van der Waals surface area contributed by atoms with E-state index in [0.717, 1.165) is 0 Å². The highest BCUT2D eigenvalue weighted by Crippen LogP contribution is 2.44. The number of ether oxygens (including phenoxy) is 1. The van der Waals surface area contributed by atoms with Crippen molar-refractivity contribution in [3.05, 3.63) is 10.0 Å². The monoisotopic (exact) mass is 623 g/mol. The molecule has 1 aliphatic heterocycles. The predicted molar refractivity (Wildman–Crippen MR) is 146 cm³/mol. The van der Waals surface area contributed by atoms with Gasteiger partial charge in [-0.2, -0.15) is 5.10 Å². The summed E-state index contributed by atoms with van der Waals surface area (Å²) in [6.45, 7) is 21.8. The molecule has 0 saturated carbocycles. The molecule has 3 heterocycles. The van der Waals surface area contributed by atoms with Gasteiger partial charge >= 0.3 is 0 Å². The minimum Gasteiger partial charge on any atom is -0.414 e. The largest absolute Gasteiger partial charge is 0.414 e. The number of rotatable bonds is 6. The van der Waals surface area contributed by atoms with Crippen molar-refractivity contribution in [2.45, 2.75) is 102 Å². The Morgan fingerprint density at radius 1 is 1.09 bits per heavy atom. The Bertz CT molecular complexity index is 1040. The third-order valence-electron chi connectivity index (χ3n) is 7.63. The van der Waals surface area contributed by atoms with E-state index in [1.807, 2.05) is 0 Å². The molecule has 0 bridgehead atoms. The summed E-state index contributed by atoms with van der Waals surface area (Å²) in [5, 5.41) is 5.07. The van der Waals surface area contributed by atoms with Crippen LogP contribution >= 0.6 is 22.6 Å². The Morgan fingerprint density at radius 2 is 1.68 bits per heavy atom. The average molecular weight is 624 g/mol. The average Bonchev–Trinajstić information content (AvgIpc) is 3.16. The lowest BCUT2D eigenvalue weighted by molar-refractivity contribution is -0.0471. The number of nitrogen functional groups attached to an aromatic ring is 1. The van der Waals surface area contributed by atoms with Crippen LogP contribution in [0.1, 0.15) is 47.8 Å². The quantitative estimate of drug-likeness (QED) is 0.328. The fraction of sp³-hybridized carbons (Fsp3) is 0.773. The van der Waals surface area contributed by atoms with Crippen LogP contribution in [-0.2, 0) is 13.6 Å². The number of fused-ring (bicyclic) bond motifs is 1. The molecule has 2 N–H and O–H groups in total. The van der Waals surface area contributed by atoms with E-state index in [9.17, 15) is 0 Å². The SMILES string of the molecule is CC(C)(C)[Si](C)(C)OC[C@H]1O[C@@H](n2nc(I)c3c(N)ncnc32)[C@@H](F)C1O[Si](C)(C)C(C)(C)C. The van der Waals surface area contributed by atoms with E-state index in [0.29, 0.717) is 20.6 Å².